The molecule has 3 N–H and O–H groups in total. The molecule has 0 aliphatic heterocycles. The van der Waals surface area contributed by atoms with Gasteiger partial charge in [0.05, 0.1) is 39.9 Å². The van der Waals surface area contributed by atoms with Crippen molar-refractivity contribution in [3.05, 3.63) is 48.6 Å². The molecule has 1 amide bonds. The molecule has 0 rings (SSSR count). The summed E-state index contributed by atoms with van der Waals surface area (Å²) >= 11 is 0. The quantitative estimate of drug-likeness (QED) is 0.0248. The van der Waals surface area contributed by atoms with Crippen LogP contribution in [0.4, 0.5) is 0 Å². The van der Waals surface area contributed by atoms with Gasteiger partial charge >= 0.3 is 7.82 Å². The molecule has 0 saturated heterocycles. The summed E-state index contributed by atoms with van der Waals surface area (Å²) in [5.74, 6) is -0.198. The minimum absolute atomic E-state index is 0.0516. The van der Waals surface area contributed by atoms with Crippen molar-refractivity contribution in [3.63, 3.8) is 0 Å². The van der Waals surface area contributed by atoms with Gasteiger partial charge in [0.1, 0.15) is 13.2 Å². The standard InChI is InChI=1S/C45H85N2O6P/c1-6-8-10-12-14-16-18-20-22-23-25-26-28-30-32-34-36-38-44(48)43(42-53-54(50,51)52-41-40-47(3,4)5)46-45(49)39-37-35-33-31-29-27-24-21-19-17-15-13-11-9-7-2/h17,19,22-23,28,30,36,38,43-44,48H,6-16,18,20-21,24-27,29,31-35,37,39-42H2,1-5H3,(H-,46,49,50,51)/p+1/b19-17-,23-22+,30-28+,38-36+. The van der Waals surface area contributed by atoms with Gasteiger partial charge in [0.15, 0.2) is 0 Å². The van der Waals surface area contributed by atoms with Gasteiger partial charge < -0.3 is 19.8 Å². The van der Waals surface area contributed by atoms with E-state index >= 15 is 0 Å². The third-order valence-corrected chi connectivity index (χ3v) is 10.5. The van der Waals surface area contributed by atoms with Crippen LogP contribution in [0.3, 0.4) is 0 Å². The number of likely N-dealkylation sites (N-methyl/N-ethyl adjacent to an activating group) is 1. The average molecular weight is 782 g/mol. The van der Waals surface area contributed by atoms with Gasteiger partial charge in [0, 0.05) is 6.42 Å². The van der Waals surface area contributed by atoms with Gasteiger partial charge in [-0.2, -0.15) is 0 Å². The van der Waals surface area contributed by atoms with Crippen LogP contribution >= 0.6 is 7.82 Å². The number of rotatable bonds is 39. The van der Waals surface area contributed by atoms with Gasteiger partial charge in [-0.1, -0.05) is 152 Å². The smallest absolute Gasteiger partial charge is 0.387 e. The van der Waals surface area contributed by atoms with E-state index in [4.69, 9.17) is 9.05 Å². The van der Waals surface area contributed by atoms with Crippen LogP contribution in [-0.2, 0) is 18.4 Å². The molecule has 316 valence electrons. The number of allylic oxidation sites excluding steroid dienone is 7. The molecule has 9 heteroatoms. The minimum atomic E-state index is -4.35. The number of hydrogen-bond acceptors (Lipinski definition) is 5. The first-order valence-corrected chi connectivity index (χ1v) is 23.5. The van der Waals surface area contributed by atoms with E-state index < -0.39 is 20.0 Å². The Morgan fingerprint density at radius 1 is 0.611 bits per heavy atom. The lowest BCUT2D eigenvalue weighted by molar-refractivity contribution is -0.870. The van der Waals surface area contributed by atoms with Crippen molar-refractivity contribution in [2.24, 2.45) is 0 Å². The van der Waals surface area contributed by atoms with E-state index in [0.717, 1.165) is 44.9 Å². The molecule has 0 spiro atoms. The summed E-state index contributed by atoms with van der Waals surface area (Å²) in [6, 6.07) is -0.870. The SMILES string of the molecule is CCCCCC/C=C\CCCCCCCCCC(=O)NC(COP(=O)(O)OCC[N+](C)(C)C)C(O)/C=C/CC/C=C/CC/C=C/CCCCCCCCC. The van der Waals surface area contributed by atoms with E-state index in [1.54, 1.807) is 6.08 Å². The number of aliphatic hydroxyl groups excluding tert-OH is 1. The lowest BCUT2D eigenvalue weighted by Crippen LogP contribution is -2.45. The van der Waals surface area contributed by atoms with E-state index in [1.165, 1.54) is 116 Å². The number of nitrogens with zero attached hydrogens (tertiary/aromatic N) is 1. The Bertz CT molecular complexity index is 1020. The van der Waals surface area contributed by atoms with E-state index in [1.807, 2.05) is 27.2 Å². The summed E-state index contributed by atoms with van der Waals surface area (Å²) in [5, 5.41) is 13.8. The van der Waals surface area contributed by atoms with Crippen LogP contribution in [0.1, 0.15) is 181 Å². The molecule has 0 saturated carbocycles. The number of carbonyl (C=O) groups excluding carboxylic acids is 1. The normalized spacial score (nSPS) is 14.9. The number of hydrogen-bond donors (Lipinski definition) is 3. The summed E-state index contributed by atoms with van der Waals surface area (Å²) in [6.07, 6.45) is 46.0. The molecule has 0 aromatic rings. The second kappa shape index (κ2) is 37.1. The highest BCUT2D eigenvalue weighted by Gasteiger charge is 2.27. The van der Waals surface area contributed by atoms with Gasteiger partial charge in [0.2, 0.25) is 5.91 Å². The van der Waals surface area contributed by atoms with Crippen molar-refractivity contribution in [3.8, 4) is 0 Å². The van der Waals surface area contributed by atoms with Crippen LogP contribution in [0.2, 0.25) is 0 Å². The highest BCUT2D eigenvalue weighted by molar-refractivity contribution is 7.47. The molecule has 54 heavy (non-hydrogen) atoms. The van der Waals surface area contributed by atoms with Gasteiger partial charge in [-0.05, 0) is 70.6 Å². The predicted molar refractivity (Wildman–Crippen MR) is 231 cm³/mol. The number of nitrogens with one attached hydrogen (secondary N) is 1. The largest absolute Gasteiger partial charge is 0.472 e. The van der Waals surface area contributed by atoms with Crippen LogP contribution in [0.25, 0.3) is 0 Å². The van der Waals surface area contributed by atoms with Gasteiger partial charge in [-0.25, -0.2) is 4.57 Å². The highest BCUT2D eigenvalue weighted by Crippen LogP contribution is 2.43. The van der Waals surface area contributed by atoms with Crippen LogP contribution < -0.4 is 5.32 Å². The zero-order valence-electron chi connectivity index (χ0n) is 35.7. The van der Waals surface area contributed by atoms with E-state index in [-0.39, 0.29) is 19.1 Å². The zero-order valence-corrected chi connectivity index (χ0v) is 36.6. The lowest BCUT2D eigenvalue weighted by Gasteiger charge is -2.25. The summed E-state index contributed by atoms with van der Waals surface area (Å²) in [7, 11) is 1.54. The Morgan fingerprint density at radius 2 is 1.02 bits per heavy atom. The molecule has 0 heterocycles. The van der Waals surface area contributed by atoms with Crippen molar-refractivity contribution < 1.29 is 32.9 Å². The maximum atomic E-state index is 12.8. The van der Waals surface area contributed by atoms with Crippen LogP contribution in [0.15, 0.2) is 48.6 Å². The number of amides is 1. The molecule has 0 aliphatic carbocycles. The molecule has 0 aromatic carbocycles. The zero-order chi connectivity index (χ0) is 40.0. The molecule has 8 nitrogen and oxygen atoms in total. The molecule has 0 fully saturated rings. The van der Waals surface area contributed by atoms with E-state index in [0.29, 0.717) is 17.4 Å². The molecular formula is C45H86N2O6P+. The van der Waals surface area contributed by atoms with Crippen molar-refractivity contribution in [2.45, 2.75) is 193 Å². The van der Waals surface area contributed by atoms with Crippen molar-refractivity contribution in [1.82, 2.24) is 5.32 Å². The third-order valence-electron chi connectivity index (χ3n) is 9.50. The Labute approximate surface area is 333 Å². The number of phosphoric ester groups is 1. The second-order valence-corrected chi connectivity index (χ2v) is 17.5. The molecule has 0 radical (unpaired) electrons. The monoisotopic (exact) mass is 782 g/mol. The first-order valence-electron chi connectivity index (χ1n) is 22.0. The maximum Gasteiger partial charge on any atom is 0.472 e. The van der Waals surface area contributed by atoms with E-state index in [2.05, 4.69) is 55.6 Å². The van der Waals surface area contributed by atoms with Crippen molar-refractivity contribution >= 4 is 13.7 Å². The van der Waals surface area contributed by atoms with Gasteiger partial charge in [0.25, 0.3) is 0 Å². The van der Waals surface area contributed by atoms with Crippen LogP contribution in [-0.4, -0.2) is 73.4 Å². The fraction of sp³-hybridized carbons (Fsp3) is 0.800. The van der Waals surface area contributed by atoms with Crippen molar-refractivity contribution in [2.75, 3.05) is 40.9 Å². The summed E-state index contributed by atoms with van der Waals surface area (Å²) < 4.78 is 23.5. The number of aliphatic hydroxyl groups is 1. The minimum Gasteiger partial charge on any atom is -0.387 e. The fourth-order valence-electron chi connectivity index (χ4n) is 5.95. The number of quaternary nitrogens is 1. The third kappa shape index (κ3) is 38.7. The number of unbranched alkanes of at least 4 members (excludes halogenated alkanes) is 20. The molecule has 0 aromatic heterocycles. The topological polar surface area (TPSA) is 105 Å². The maximum absolute atomic E-state index is 12.8. The summed E-state index contributed by atoms with van der Waals surface area (Å²) in [4.78, 5) is 23.1. The first-order chi connectivity index (χ1) is 26.0. The molecule has 0 bridgehead atoms. The van der Waals surface area contributed by atoms with Gasteiger partial charge in [-0.3, -0.25) is 13.8 Å². The number of phosphoric acid groups is 1. The van der Waals surface area contributed by atoms with Crippen LogP contribution in [0, 0.1) is 0 Å². The van der Waals surface area contributed by atoms with Crippen molar-refractivity contribution in [1.29, 1.82) is 0 Å². The molecule has 3 unspecified atom stereocenters. The Morgan fingerprint density at radius 3 is 1.50 bits per heavy atom. The number of carbonyl (C=O) groups is 1. The van der Waals surface area contributed by atoms with Crippen LogP contribution in [0.5, 0.6) is 0 Å². The summed E-state index contributed by atoms with van der Waals surface area (Å²) in [5.41, 5.74) is 0. The Balaban J connectivity index is 4.54. The fourth-order valence-corrected chi connectivity index (χ4v) is 6.68. The lowest BCUT2D eigenvalue weighted by atomic mass is 10.1. The first kappa shape index (κ1) is 52.5. The molecular weight excluding hydrogens is 695 g/mol. The molecule has 0 aliphatic rings. The Kier molecular flexibility index (Phi) is 36.0. The summed E-state index contributed by atoms with van der Waals surface area (Å²) in [6.45, 7) is 4.75. The predicted octanol–water partition coefficient (Wildman–Crippen LogP) is 12.1. The second-order valence-electron chi connectivity index (χ2n) is 16.0. The Hall–Kier alpha value is -1.54. The highest BCUT2D eigenvalue weighted by atomic mass is 31.2. The average Bonchev–Trinajstić information content (AvgIpc) is 3.12. The molecule has 3 atom stereocenters. The van der Waals surface area contributed by atoms with E-state index in [9.17, 15) is 19.4 Å². The van der Waals surface area contributed by atoms with Gasteiger partial charge in [-0.15, -0.1) is 0 Å².